The summed E-state index contributed by atoms with van der Waals surface area (Å²) in [6.07, 6.45) is 1.63. The molecule has 3 N–H and O–H groups in total. The summed E-state index contributed by atoms with van der Waals surface area (Å²) in [4.78, 5) is 8.18. The maximum Gasteiger partial charge on any atom is 0.237 e. The monoisotopic (exact) mass is 264 g/mol. The molecule has 0 saturated heterocycles. The number of hydrogen-bond acceptors (Lipinski definition) is 5. The van der Waals surface area contributed by atoms with Gasteiger partial charge in [-0.15, -0.1) is 0 Å². The van der Waals surface area contributed by atoms with Gasteiger partial charge in [0.1, 0.15) is 5.75 Å². The summed E-state index contributed by atoms with van der Waals surface area (Å²) in [5.41, 5.74) is 4.02. The van der Waals surface area contributed by atoms with Crippen LogP contribution in [-0.4, -0.2) is 16.6 Å². The Morgan fingerprint density at radius 1 is 1.39 bits per heavy atom. The van der Waals surface area contributed by atoms with Crippen LogP contribution in [0.4, 0.5) is 5.95 Å². The first-order valence-corrected chi connectivity index (χ1v) is 5.84. The highest BCUT2D eigenvalue weighted by molar-refractivity contribution is 6.32. The third-order valence-corrected chi connectivity index (χ3v) is 2.61. The van der Waals surface area contributed by atoms with Gasteiger partial charge < -0.3 is 4.74 Å². The maximum atomic E-state index is 6.12. The molecule has 0 bridgehead atoms. The number of hydrogen-bond donors (Lipinski definition) is 2. The van der Waals surface area contributed by atoms with Crippen molar-refractivity contribution in [3.05, 3.63) is 35.5 Å². The molecule has 6 heteroatoms. The molecule has 0 saturated carbocycles. The van der Waals surface area contributed by atoms with Gasteiger partial charge in [0.2, 0.25) is 5.95 Å². The number of rotatable bonds is 4. The molecule has 0 aliphatic rings. The molecule has 0 atom stereocenters. The summed E-state index contributed by atoms with van der Waals surface area (Å²) >= 11 is 6.12. The number of ether oxygens (including phenoxy) is 1. The Kier molecular flexibility index (Phi) is 3.96. The van der Waals surface area contributed by atoms with E-state index in [9.17, 15) is 0 Å². The molecule has 0 radical (unpaired) electrons. The van der Waals surface area contributed by atoms with Crippen molar-refractivity contribution in [3.8, 4) is 17.0 Å². The summed E-state index contributed by atoms with van der Waals surface area (Å²) in [6, 6.07) is 7.29. The highest BCUT2D eigenvalue weighted by atomic mass is 35.5. The van der Waals surface area contributed by atoms with E-state index in [4.69, 9.17) is 22.2 Å². The second kappa shape index (κ2) is 5.66. The van der Waals surface area contributed by atoms with Crippen LogP contribution in [0, 0.1) is 0 Å². The number of hydrazine groups is 1. The second-order valence-corrected chi connectivity index (χ2v) is 3.90. The Morgan fingerprint density at radius 3 is 2.89 bits per heavy atom. The molecule has 2 rings (SSSR count). The van der Waals surface area contributed by atoms with E-state index >= 15 is 0 Å². The summed E-state index contributed by atoms with van der Waals surface area (Å²) in [5.74, 6) is 6.29. The zero-order chi connectivity index (χ0) is 13.0. The van der Waals surface area contributed by atoms with Gasteiger partial charge >= 0.3 is 0 Å². The lowest BCUT2D eigenvalue weighted by Crippen LogP contribution is -2.10. The van der Waals surface area contributed by atoms with Crippen molar-refractivity contribution in [2.75, 3.05) is 12.0 Å². The predicted molar refractivity (Wildman–Crippen MR) is 71.5 cm³/mol. The maximum absolute atomic E-state index is 6.12. The first-order chi connectivity index (χ1) is 8.74. The average Bonchev–Trinajstić information content (AvgIpc) is 2.41. The fourth-order valence-corrected chi connectivity index (χ4v) is 1.76. The van der Waals surface area contributed by atoms with Crippen LogP contribution in [0.2, 0.25) is 5.02 Å². The van der Waals surface area contributed by atoms with Crippen LogP contribution >= 0.6 is 11.6 Å². The van der Waals surface area contributed by atoms with Crippen LogP contribution in [0.25, 0.3) is 11.3 Å². The van der Waals surface area contributed by atoms with Gasteiger partial charge in [0.25, 0.3) is 0 Å². The summed E-state index contributed by atoms with van der Waals surface area (Å²) in [7, 11) is 0. The van der Waals surface area contributed by atoms with Crippen LogP contribution in [0.1, 0.15) is 6.92 Å². The highest BCUT2D eigenvalue weighted by Crippen LogP contribution is 2.29. The van der Waals surface area contributed by atoms with E-state index in [-0.39, 0.29) is 0 Å². The minimum absolute atomic E-state index is 0.359. The first kappa shape index (κ1) is 12.6. The van der Waals surface area contributed by atoms with Crippen LogP contribution in [0.15, 0.2) is 30.5 Å². The van der Waals surface area contributed by atoms with Gasteiger partial charge in [-0.2, -0.15) is 0 Å². The van der Waals surface area contributed by atoms with Gasteiger partial charge in [0, 0.05) is 11.8 Å². The number of nitrogens with one attached hydrogen (secondary N) is 1. The molecule has 0 amide bonds. The van der Waals surface area contributed by atoms with Crippen molar-refractivity contribution in [1.82, 2.24) is 9.97 Å². The van der Waals surface area contributed by atoms with E-state index < -0.39 is 0 Å². The molecule has 0 spiro atoms. The zero-order valence-corrected chi connectivity index (χ0v) is 10.6. The molecule has 0 aliphatic carbocycles. The highest BCUT2D eigenvalue weighted by Gasteiger charge is 2.06. The quantitative estimate of drug-likeness (QED) is 0.656. The minimum Gasteiger partial charge on any atom is -0.492 e. The zero-order valence-electron chi connectivity index (χ0n) is 9.85. The smallest absolute Gasteiger partial charge is 0.237 e. The van der Waals surface area contributed by atoms with Crippen molar-refractivity contribution < 1.29 is 4.74 Å². The molecule has 5 nitrogen and oxygen atoms in total. The molecule has 0 unspecified atom stereocenters. The van der Waals surface area contributed by atoms with Gasteiger partial charge in [-0.1, -0.05) is 11.6 Å². The SMILES string of the molecule is CCOc1ccc(-c2ccnc(NN)n2)cc1Cl. The van der Waals surface area contributed by atoms with Crippen LogP contribution in [0.3, 0.4) is 0 Å². The average molecular weight is 265 g/mol. The third kappa shape index (κ3) is 2.69. The number of nitrogen functional groups attached to an aromatic ring is 1. The molecule has 18 heavy (non-hydrogen) atoms. The van der Waals surface area contributed by atoms with Crippen molar-refractivity contribution in [3.63, 3.8) is 0 Å². The van der Waals surface area contributed by atoms with E-state index in [2.05, 4.69) is 15.4 Å². The predicted octanol–water partition coefficient (Wildman–Crippen LogP) is 2.48. The Bertz CT molecular complexity index is 547. The van der Waals surface area contributed by atoms with E-state index in [1.807, 2.05) is 19.1 Å². The summed E-state index contributed by atoms with van der Waals surface area (Å²) < 4.78 is 5.38. The van der Waals surface area contributed by atoms with E-state index in [1.54, 1.807) is 18.3 Å². The van der Waals surface area contributed by atoms with Crippen LogP contribution in [-0.2, 0) is 0 Å². The molecular formula is C12H13ClN4O. The molecule has 94 valence electrons. The largest absolute Gasteiger partial charge is 0.492 e. The van der Waals surface area contributed by atoms with Crippen LogP contribution < -0.4 is 16.0 Å². The summed E-state index contributed by atoms with van der Waals surface area (Å²) in [6.45, 7) is 2.49. The van der Waals surface area contributed by atoms with Gasteiger partial charge in [0.05, 0.1) is 17.3 Å². The van der Waals surface area contributed by atoms with E-state index in [1.165, 1.54) is 0 Å². The van der Waals surface area contributed by atoms with Crippen LogP contribution in [0.5, 0.6) is 5.75 Å². The molecule has 1 aromatic heterocycles. The molecule has 1 aromatic carbocycles. The molecule has 0 fully saturated rings. The Balaban J connectivity index is 2.35. The van der Waals surface area contributed by atoms with Gasteiger partial charge in [-0.3, -0.25) is 5.43 Å². The fourth-order valence-electron chi connectivity index (χ4n) is 1.52. The fraction of sp³-hybridized carbons (Fsp3) is 0.167. The summed E-state index contributed by atoms with van der Waals surface area (Å²) in [5, 5.41) is 0.551. The van der Waals surface area contributed by atoms with Crippen molar-refractivity contribution in [1.29, 1.82) is 0 Å². The number of anilines is 1. The number of aromatic nitrogens is 2. The minimum atomic E-state index is 0.359. The standard InChI is InChI=1S/C12H13ClN4O/c1-2-18-11-4-3-8(7-9(11)13)10-5-6-15-12(16-10)17-14/h3-7H,2,14H2,1H3,(H,15,16,17). The Morgan fingerprint density at radius 2 is 2.22 bits per heavy atom. The van der Waals surface area contributed by atoms with Crippen molar-refractivity contribution >= 4 is 17.5 Å². The molecule has 1 heterocycles. The number of nitrogens with two attached hydrogens (primary N) is 1. The van der Waals surface area contributed by atoms with Gasteiger partial charge in [-0.05, 0) is 31.2 Å². The first-order valence-electron chi connectivity index (χ1n) is 5.47. The lowest BCUT2D eigenvalue weighted by atomic mass is 10.1. The molecule has 0 aliphatic heterocycles. The van der Waals surface area contributed by atoms with E-state index in [0.29, 0.717) is 23.3 Å². The normalized spacial score (nSPS) is 10.2. The number of halogens is 1. The Labute approximate surface area is 110 Å². The van der Waals surface area contributed by atoms with Gasteiger partial charge in [0.15, 0.2) is 0 Å². The number of benzene rings is 1. The molecular weight excluding hydrogens is 252 g/mol. The lowest BCUT2D eigenvalue weighted by molar-refractivity contribution is 0.340. The van der Waals surface area contributed by atoms with Crippen molar-refractivity contribution in [2.45, 2.75) is 6.92 Å². The third-order valence-electron chi connectivity index (χ3n) is 2.31. The lowest BCUT2D eigenvalue weighted by Gasteiger charge is -2.08. The Hall–Kier alpha value is -1.85. The molecule has 2 aromatic rings. The number of nitrogens with zero attached hydrogens (tertiary/aromatic N) is 2. The topological polar surface area (TPSA) is 73.1 Å². The van der Waals surface area contributed by atoms with Crippen molar-refractivity contribution in [2.24, 2.45) is 5.84 Å². The second-order valence-electron chi connectivity index (χ2n) is 3.49. The van der Waals surface area contributed by atoms with Gasteiger partial charge in [-0.25, -0.2) is 15.8 Å². The van der Waals surface area contributed by atoms with E-state index in [0.717, 1.165) is 11.3 Å².